The topological polar surface area (TPSA) is 12.0 Å². The molecule has 0 aliphatic rings. The number of hydrogen-bond acceptors (Lipinski definition) is 1. The van der Waals surface area contributed by atoms with Crippen molar-refractivity contribution in [1.82, 2.24) is 5.32 Å². The molecule has 1 aromatic carbocycles. The van der Waals surface area contributed by atoms with Gasteiger partial charge in [-0.1, -0.05) is 24.3 Å². The first-order valence-corrected chi connectivity index (χ1v) is 5.17. The van der Waals surface area contributed by atoms with Crippen LogP contribution in [0.1, 0.15) is 18.1 Å². The van der Waals surface area contributed by atoms with Crippen LogP contribution in [-0.2, 0) is 6.18 Å². The molecule has 0 fully saturated rings. The highest BCUT2D eigenvalue weighted by atomic mass is 19.4. The largest absolute Gasteiger partial charge is 0.416 e. The number of rotatable bonds is 3. The van der Waals surface area contributed by atoms with Gasteiger partial charge in [0.25, 0.3) is 0 Å². The van der Waals surface area contributed by atoms with E-state index >= 15 is 0 Å². The van der Waals surface area contributed by atoms with E-state index < -0.39 is 11.7 Å². The Morgan fingerprint density at radius 1 is 1.18 bits per heavy atom. The number of halogens is 3. The summed E-state index contributed by atoms with van der Waals surface area (Å²) in [6.45, 7) is 1.85. The van der Waals surface area contributed by atoms with E-state index in [1.165, 1.54) is 12.1 Å². The van der Waals surface area contributed by atoms with Crippen LogP contribution in [0.15, 0.2) is 42.6 Å². The Hall–Kier alpha value is -1.71. The highest BCUT2D eigenvalue weighted by Crippen LogP contribution is 2.30. The first kappa shape index (κ1) is 13.4. The van der Waals surface area contributed by atoms with Crippen LogP contribution in [0.2, 0.25) is 0 Å². The molecule has 92 valence electrons. The highest BCUT2D eigenvalue weighted by molar-refractivity contribution is 5.73. The van der Waals surface area contributed by atoms with Gasteiger partial charge < -0.3 is 5.32 Å². The zero-order valence-corrected chi connectivity index (χ0v) is 9.68. The number of alkyl halides is 3. The van der Waals surface area contributed by atoms with Crippen molar-refractivity contribution < 1.29 is 13.2 Å². The van der Waals surface area contributed by atoms with E-state index in [1.54, 1.807) is 13.2 Å². The lowest BCUT2D eigenvalue weighted by Crippen LogP contribution is -2.04. The lowest BCUT2D eigenvalue weighted by molar-refractivity contribution is -0.137. The van der Waals surface area contributed by atoms with E-state index in [2.05, 4.69) is 5.32 Å². The van der Waals surface area contributed by atoms with Gasteiger partial charge in [0.05, 0.1) is 5.56 Å². The monoisotopic (exact) mass is 241 g/mol. The molecule has 17 heavy (non-hydrogen) atoms. The third-order valence-corrected chi connectivity index (χ3v) is 2.19. The fourth-order valence-corrected chi connectivity index (χ4v) is 1.41. The normalized spacial score (nSPS) is 13.1. The van der Waals surface area contributed by atoms with E-state index in [0.717, 1.165) is 23.3 Å². The van der Waals surface area contributed by atoms with E-state index in [1.807, 2.05) is 19.1 Å². The Bertz CT molecular complexity index is 413. The molecule has 0 atom stereocenters. The molecule has 0 heterocycles. The van der Waals surface area contributed by atoms with Gasteiger partial charge in [-0.05, 0) is 30.2 Å². The van der Waals surface area contributed by atoms with Crippen LogP contribution >= 0.6 is 0 Å². The third-order valence-electron chi connectivity index (χ3n) is 2.19. The molecule has 1 rings (SSSR count). The summed E-state index contributed by atoms with van der Waals surface area (Å²) in [5, 5.41) is 2.86. The van der Waals surface area contributed by atoms with Crippen molar-refractivity contribution in [2.24, 2.45) is 0 Å². The molecule has 0 aromatic heterocycles. The average molecular weight is 241 g/mol. The molecule has 0 spiro atoms. The van der Waals surface area contributed by atoms with Gasteiger partial charge in [-0.2, -0.15) is 13.2 Å². The summed E-state index contributed by atoms with van der Waals surface area (Å²) in [6.07, 6.45) is 1.12. The molecular formula is C13H14F3N. The Labute approximate surface area is 98.7 Å². The van der Waals surface area contributed by atoms with E-state index in [4.69, 9.17) is 0 Å². The van der Waals surface area contributed by atoms with Crippen molar-refractivity contribution >= 4 is 5.57 Å². The van der Waals surface area contributed by atoms with Crippen LogP contribution in [0.4, 0.5) is 13.2 Å². The van der Waals surface area contributed by atoms with Gasteiger partial charge in [0.15, 0.2) is 0 Å². The molecule has 0 unspecified atom stereocenters. The summed E-state index contributed by atoms with van der Waals surface area (Å²) in [5.41, 5.74) is 0.944. The molecule has 0 aliphatic heterocycles. The SMILES string of the molecule is C/C=C\C(=C/NC)c1ccc(C(F)(F)F)cc1. The summed E-state index contributed by atoms with van der Waals surface area (Å²) in [4.78, 5) is 0. The molecule has 1 N–H and O–H groups in total. The molecule has 0 bridgehead atoms. The summed E-state index contributed by atoms with van der Waals surface area (Å²) in [6, 6.07) is 5.10. The van der Waals surface area contributed by atoms with Gasteiger partial charge in [0.2, 0.25) is 0 Å². The molecular weight excluding hydrogens is 227 g/mol. The quantitative estimate of drug-likeness (QED) is 0.793. The van der Waals surface area contributed by atoms with Crippen molar-refractivity contribution in [3.63, 3.8) is 0 Å². The zero-order chi connectivity index (χ0) is 12.9. The number of nitrogens with one attached hydrogen (secondary N) is 1. The van der Waals surface area contributed by atoms with Gasteiger partial charge >= 0.3 is 6.18 Å². The summed E-state index contributed by atoms with van der Waals surface area (Å²) < 4.78 is 37.1. The summed E-state index contributed by atoms with van der Waals surface area (Å²) in [5.74, 6) is 0. The predicted molar refractivity (Wildman–Crippen MR) is 63.3 cm³/mol. The number of allylic oxidation sites excluding steroid dienone is 3. The lowest BCUT2D eigenvalue weighted by atomic mass is 10.0. The minimum Gasteiger partial charge on any atom is -0.393 e. The molecule has 0 radical (unpaired) electrons. The second-order valence-electron chi connectivity index (χ2n) is 3.46. The van der Waals surface area contributed by atoms with Gasteiger partial charge in [-0.15, -0.1) is 0 Å². The van der Waals surface area contributed by atoms with Crippen molar-refractivity contribution in [3.8, 4) is 0 Å². The summed E-state index contributed by atoms with van der Waals surface area (Å²) in [7, 11) is 1.74. The van der Waals surface area contributed by atoms with Crippen molar-refractivity contribution in [1.29, 1.82) is 0 Å². The van der Waals surface area contributed by atoms with E-state index in [-0.39, 0.29) is 0 Å². The zero-order valence-electron chi connectivity index (χ0n) is 9.68. The number of benzene rings is 1. The first-order chi connectivity index (χ1) is 7.99. The maximum atomic E-state index is 12.4. The van der Waals surface area contributed by atoms with Crippen molar-refractivity contribution in [3.05, 3.63) is 53.7 Å². The number of hydrogen-bond donors (Lipinski definition) is 1. The molecule has 1 aromatic rings. The molecule has 0 amide bonds. The second kappa shape index (κ2) is 5.57. The van der Waals surface area contributed by atoms with Crippen LogP contribution in [0.3, 0.4) is 0 Å². The van der Waals surface area contributed by atoms with Crippen LogP contribution in [-0.4, -0.2) is 7.05 Å². The predicted octanol–water partition coefficient (Wildman–Crippen LogP) is 3.84. The summed E-state index contributed by atoms with van der Waals surface area (Å²) >= 11 is 0. The molecule has 1 nitrogen and oxygen atoms in total. The standard InChI is InChI=1S/C13H14F3N/c1-3-4-11(9-17-2)10-5-7-12(8-6-10)13(14,15)16/h3-9,17H,1-2H3/b4-3-,11-9+. The third kappa shape index (κ3) is 3.66. The second-order valence-corrected chi connectivity index (χ2v) is 3.46. The van der Waals surface area contributed by atoms with Gasteiger partial charge in [-0.25, -0.2) is 0 Å². The van der Waals surface area contributed by atoms with Crippen molar-refractivity contribution in [2.45, 2.75) is 13.1 Å². The van der Waals surface area contributed by atoms with Crippen LogP contribution in [0.5, 0.6) is 0 Å². The van der Waals surface area contributed by atoms with Gasteiger partial charge in [-0.3, -0.25) is 0 Å². The van der Waals surface area contributed by atoms with Crippen LogP contribution in [0.25, 0.3) is 5.57 Å². The average Bonchev–Trinajstić information content (AvgIpc) is 2.28. The lowest BCUT2D eigenvalue weighted by Gasteiger charge is -2.08. The minimum absolute atomic E-state index is 0.634. The Balaban J connectivity index is 3.05. The smallest absolute Gasteiger partial charge is 0.393 e. The van der Waals surface area contributed by atoms with Gasteiger partial charge in [0.1, 0.15) is 0 Å². The molecule has 0 saturated heterocycles. The Morgan fingerprint density at radius 3 is 2.18 bits per heavy atom. The molecule has 0 aliphatic carbocycles. The first-order valence-electron chi connectivity index (χ1n) is 5.17. The maximum Gasteiger partial charge on any atom is 0.416 e. The fraction of sp³-hybridized carbons (Fsp3) is 0.231. The van der Waals surface area contributed by atoms with E-state index in [9.17, 15) is 13.2 Å². The highest BCUT2D eigenvalue weighted by Gasteiger charge is 2.29. The fourth-order valence-electron chi connectivity index (χ4n) is 1.41. The minimum atomic E-state index is -4.29. The maximum absolute atomic E-state index is 12.4. The Kier molecular flexibility index (Phi) is 4.37. The van der Waals surface area contributed by atoms with Crippen molar-refractivity contribution in [2.75, 3.05) is 7.05 Å². The van der Waals surface area contributed by atoms with Crippen LogP contribution in [0, 0.1) is 0 Å². The van der Waals surface area contributed by atoms with Gasteiger partial charge in [0, 0.05) is 13.2 Å². The van der Waals surface area contributed by atoms with E-state index in [0.29, 0.717) is 0 Å². The Morgan fingerprint density at radius 2 is 1.76 bits per heavy atom. The molecule has 4 heteroatoms. The molecule has 0 saturated carbocycles. The van der Waals surface area contributed by atoms with Crippen LogP contribution < -0.4 is 5.32 Å².